The number of nitrogens with one attached hydrogen (secondary N) is 1. The van der Waals surface area contributed by atoms with E-state index in [2.05, 4.69) is 26.2 Å². The van der Waals surface area contributed by atoms with Crippen LogP contribution < -0.4 is 10.1 Å². The first kappa shape index (κ1) is 13.9. The molecule has 0 spiro atoms. The van der Waals surface area contributed by atoms with Gasteiger partial charge in [-0.3, -0.25) is 0 Å². The summed E-state index contributed by atoms with van der Waals surface area (Å²) in [5, 5.41) is 3.17. The molecule has 2 rings (SSSR count). The van der Waals surface area contributed by atoms with Crippen molar-refractivity contribution in [3.63, 3.8) is 0 Å². The molecule has 100 valence electrons. The Kier molecular flexibility index (Phi) is 4.43. The van der Waals surface area contributed by atoms with Crippen molar-refractivity contribution in [1.29, 1.82) is 0 Å². The Morgan fingerprint density at radius 2 is 2.00 bits per heavy atom. The summed E-state index contributed by atoms with van der Waals surface area (Å²) in [6, 6.07) is 10.0. The van der Waals surface area contributed by atoms with Crippen molar-refractivity contribution in [3.05, 3.63) is 51.6 Å². The van der Waals surface area contributed by atoms with E-state index in [9.17, 15) is 0 Å². The van der Waals surface area contributed by atoms with Crippen molar-refractivity contribution in [2.45, 2.75) is 20.5 Å². The lowest BCUT2D eigenvalue weighted by Crippen LogP contribution is -2.04. The zero-order valence-corrected chi connectivity index (χ0v) is 12.9. The number of rotatable bonds is 4. The third-order valence-electron chi connectivity index (χ3n) is 2.93. The summed E-state index contributed by atoms with van der Waals surface area (Å²) in [6.45, 7) is 4.44. The van der Waals surface area contributed by atoms with Gasteiger partial charge in [-0.1, -0.05) is 28.1 Å². The minimum absolute atomic E-state index is 0.481. The smallest absolute Gasteiger partial charge is 0.216 e. The number of halogens is 1. The lowest BCUT2D eigenvalue weighted by Gasteiger charge is -2.13. The number of ether oxygens (including phenoxy) is 1. The van der Waals surface area contributed by atoms with Crippen molar-refractivity contribution in [1.82, 2.24) is 4.98 Å². The fourth-order valence-corrected chi connectivity index (χ4v) is 2.31. The highest BCUT2D eigenvalue weighted by molar-refractivity contribution is 9.10. The Hall–Kier alpha value is -1.55. The van der Waals surface area contributed by atoms with Gasteiger partial charge in [0.1, 0.15) is 6.61 Å². The van der Waals surface area contributed by atoms with Crippen LogP contribution >= 0.6 is 15.9 Å². The number of aromatic nitrogens is 1. The summed E-state index contributed by atoms with van der Waals surface area (Å²) in [7, 11) is 1.90. The maximum absolute atomic E-state index is 5.85. The average Bonchev–Trinajstić information content (AvgIpc) is 2.40. The third-order valence-corrected chi connectivity index (χ3v) is 3.67. The van der Waals surface area contributed by atoms with E-state index >= 15 is 0 Å². The van der Waals surface area contributed by atoms with Gasteiger partial charge in [-0.15, -0.1) is 0 Å². The molecule has 19 heavy (non-hydrogen) atoms. The van der Waals surface area contributed by atoms with Gasteiger partial charge in [0, 0.05) is 34.0 Å². The molecule has 0 aliphatic carbocycles. The molecule has 0 radical (unpaired) electrons. The van der Waals surface area contributed by atoms with Crippen molar-refractivity contribution >= 4 is 21.6 Å². The normalized spacial score (nSPS) is 10.3. The zero-order chi connectivity index (χ0) is 13.8. The second-order valence-corrected chi connectivity index (χ2v) is 5.23. The van der Waals surface area contributed by atoms with E-state index in [1.54, 1.807) is 0 Å². The second kappa shape index (κ2) is 6.06. The molecule has 0 amide bonds. The average molecular weight is 321 g/mol. The lowest BCUT2D eigenvalue weighted by atomic mass is 10.2. The molecular formula is C15H17BrN2O. The third kappa shape index (κ3) is 3.26. The summed E-state index contributed by atoms with van der Waals surface area (Å²) in [5.74, 6) is 0.692. The maximum Gasteiger partial charge on any atom is 0.216 e. The monoisotopic (exact) mass is 320 g/mol. The molecule has 3 nitrogen and oxygen atoms in total. The second-order valence-electron chi connectivity index (χ2n) is 4.38. The summed E-state index contributed by atoms with van der Waals surface area (Å²) < 4.78 is 6.88. The molecule has 0 atom stereocenters. The Labute approximate surface area is 122 Å². The fraction of sp³-hybridized carbons (Fsp3) is 0.267. The van der Waals surface area contributed by atoms with E-state index in [4.69, 9.17) is 4.74 Å². The number of pyridine rings is 1. The number of anilines is 1. The van der Waals surface area contributed by atoms with E-state index in [0.29, 0.717) is 12.5 Å². The van der Waals surface area contributed by atoms with Crippen LogP contribution in [0.2, 0.25) is 0 Å². The Morgan fingerprint density at radius 1 is 1.21 bits per heavy atom. The quantitative estimate of drug-likeness (QED) is 0.921. The van der Waals surface area contributed by atoms with Gasteiger partial charge in [-0.05, 0) is 32.0 Å². The Morgan fingerprint density at radius 3 is 2.74 bits per heavy atom. The van der Waals surface area contributed by atoms with Crippen LogP contribution in [0.4, 0.5) is 5.69 Å². The first-order chi connectivity index (χ1) is 9.11. The van der Waals surface area contributed by atoms with Gasteiger partial charge in [0.2, 0.25) is 5.88 Å². The fourth-order valence-electron chi connectivity index (χ4n) is 1.83. The Balaban J connectivity index is 2.21. The lowest BCUT2D eigenvalue weighted by molar-refractivity contribution is 0.291. The van der Waals surface area contributed by atoms with E-state index in [1.807, 2.05) is 51.2 Å². The molecule has 0 saturated carbocycles. The number of aryl methyl sites for hydroxylation is 2. The van der Waals surface area contributed by atoms with Gasteiger partial charge in [0.05, 0.1) is 0 Å². The molecule has 0 bridgehead atoms. The molecule has 0 aliphatic heterocycles. The number of nitrogens with zero attached hydrogens (tertiary/aromatic N) is 1. The highest BCUT2D eigenvalue weighted by Crippen LogP contribution is 2.26. The molecular weight excluding hydrogens is 304 g/mol. The van der Waals surface area contributed by atoms with Crippen LogP contribution in [0, 0.1) is 13.8 Å². The zero-order valence-electron chi connectivity index (χ0n) is 11.3. The van der Waals surface area contributed by atoms with Gasteiger partial charge in [-0.2, -0.15) is 0 Å². The van der Waals surface area contributed by atoms with Crippen molar-refractivity contribution in [3.8, 4) is 5.88 Å². The molecule has 4 heteroatoms. The van der Waals surface area contributed by atoms with E-state index in [-0.39, 0.29) is 0 Å². The van der Waals surface area contributed by atoms with Crippen molar-refractivity contribution in [2.24, 2.45) is 0 Å². The SMILES string of the molecule is CNc1cccc(Br)c1COc1nc(C)ccc1C. The number of hydrogen-bond acceptors (Lipinski definition) is 3. The summed E-state index contributed by atoms with van der Waals surface area (Å²) in [6.07, 6.45) is 0. The molecule has 0 saturated heterocycles. The van der Waals surface area contributed by atoms with Crippen LogP contribution in [0.5, 0.6) is 5.88 Å². The highest BCUT2D eigenvalue weighted by atomic mass is 79.9. The first-order valence-electron chi connectivity index (χ1n) is 6.14. The minimum atomic E-state index is 0.481. The molecule has 0 fully saturated rings. The topological polar surface area (TPSA) is 34.1 Å². The largest absolute Gasteiger partial charge is 0.472 e. The molecule has 1 aromatic heterocycles. The first-order valence-corrected chi connectivity index (χ1v) is 6.93. The molecule has 1 aromatic carbocycles. The van der Waals surface area contributed by atoms with Crippen molar-refractivity contribution in [2.75, 3.05) is 12.4 Å². The highest BCUT2D eigenvalue weighted by Gasteiger charge is 2.08. The predicted octanol–water partition coefficient (Wildman–Crippen LogP) is 4.08. The van der Waals surface area contributed by atoms with E-state index < -0.39 is 0 Å². The molecule has 0 aliphatic rings. The molecule has 2 aromatic rings. The van der Waals surface area contributed by atoms with E-state index in [1.165, 1.54) is 0 Å². The van der Waals surface area contributed by atoms with Gasteiger partial charge in [-0.25, -0.2) is 4.98 Å². The minimum Gasteiger partial charge on any atom is -0.472 e. The summed E-state index contributed by atoms with van der Waals surface area (Å²) in [4.78, 5) is 4.42. The Bertz CT molecular complexity index is 584. The molecule has 0 unspecified atom stereocenters. The molecule has 1 N–H and O–H groups in total. The summed E-state index contributed by atoms with van der Waals surface area (Å²) in [5.41, 5.74) is 4.15. The molecule has 1 heterocycles. The van der Waals surface area contributed by atoms with Gasteiger partial charge in [0.25, 0.3) is 0 Å². The maximum atomic E-state index is 5.85. The van der Waals surface area contributed by atoms with Gasteiger partial charge in [0.15, 0.2) is 0 Å². The predicted molar refractivity (Wildman–Crippen MR) is 81.7 cm³/mol. The van der Waals surface area contributed by atoms with Crippen LogP contribution in [0.1, 0.15) is 16.8 Å². The standard InChI is InChI=1S/C15H17BrN2O/c1-10-7-8-11(2)18-15(10)19-9-12-13(16)5-4-6-14(12)17-3/h4-8,17H,9H2,1-3H3. The summed E-state index contributed by atoms with van der Waals surface area (Å²) >= 11 is 3.55. The van der Waals surface area contributed by atoms with Crippen LogP contribution in [0.3, 0.4) is 0 Å². The van der Waals surface area contributed by atoms with Gasteiger partial charge >= 0.3 is 0 Å². The number of benzene rings is 1. The van der Waals surface area contributed by atoms with E-state index in [0.717, 1.165) is 27.0 Å². The van der Waals surface area contributed by atoms with Gasteiger partial charge < -0.3 is 10.1 Å². The van der Waals surface area contributed by atoms with Crippen LogP contribution in [0.15, 0.2) is 34.8 Å². The van der Waals surface area contributed by atoms with Crippen LogP contribution in [-0.2, 0) is 6.61 Å². The van der Waals surface area contributed by atoms with Crippen LogP contribution in [-0.4, -0.2) is 12.0 Å². The number of hydrogen-bond donors (Lipinski definition) is 1. The van der Waals surface area contributed by atoms with Crippen LogP contribution in [0.25, 0.3) is 0 Å². The van der Waals surface area contributed by atoms with Crippen molar-refractivity contribution < 1.29 is 4.74 Å².